The highest BCUT2D eigenvalue weighted by atomic mass is 16.5. The van der Waals surface area contributed by atoms with Gasteiger partial charge in [-0.1, -0.05) is 130 Å². The molecule has 0 bridgehead atoms. The fourth-order valence-corrected chi connectivity index (χ4v) is 6.52. The van der Waals surface area contributed by atoms with Gasteiger partial charge in [-0.3, -0.25) is 9.59 Å². The predicted octanol–water partition coefficient (Wildman–Crippen LogP) is 11.5. The molecule has 0 heterocycles. The summed E-state index contributed by atoms with van der Waals surface area (Å²) in [6, 6.07) is 0. The quantitative estimate of drug-likeness (QED) is 0.0499. The topological polar surface area (TPSA) is 85.3 Å². The Morgan fingerprint density at radius 3 is 1.50 bits per heavy atom. The molecule has 0 aromatic carbocycles. The second-order valence-corrected chi connectivity index (χ2v) is 14.7. The van der Waals surface area contributed by atoms with E-state index in [9.17, 15) is 14.7 Å². The molecule has 50 heavy (non-hydrogen) atoms. The maximum Gasteiger partial charge on any atom is 0.306 e. The van der Waals surface area contributed by atoms with Crippen LogP contribution in [0.1, 0.15) is 213 Å². The number of unbranched alkanes of at least 4 members (excludes halogenated alkanes) is 20. The number of ether oxygens (including phenoxy) is 3. The van der Waals surface area contributed by atoms with Crippen molar-refractivity contribution in [1.29, 1.82) is 0 Å². The third-order valence-corrected chi connectivity index (χ3v) is 9.77. The number of esters is 2. The first kappa shape index (κ1) is 48.8. The molecule has 0 aromatic heterocycles. The highest BCUT2D eigenvalue weighted by Gasteiger charge is 2.14. The molecule has 7 nitrogen and oxygen atoms in total. The van der Waals surface area contributed by atoms with E-state index >= 15 is 0 Å². The van der Waals surface area contributed by atoms with Crippen LogP contribution in [0.25, 0.3) is 0 Å². The Balaban J connectivity index is 3.95. The van der Waals surface area contributed by atoms with E-state index in [1.807, 2.05) is 0 Å². The molecule has 0 aromatic rings. The van der Waals surface area contributed by atoms with E-state index in [-0.39, 0.29) is 24.6 Å². The molecular weight excluding hydrogens is 626 g/mol. The molecule has 298 valence electrons. The first-order chi connectivity index (χ1) is 24.6. The number of nitrogens with zero attached hydrogens (tertiary/aromatic N) is 1. The zero-order valence-corrected chi connectivity index (χ0v) is 33.7. The SMILES string of the molecule is CCCCCCCCC(CCCCCCCC)OC(=O)CCCCCCCN(CCO)CCCCCOC(=O)CCCOCCCCCCC. The van der Waals surface area contributed by atoms with Crippen molar-refractivity contribution < 1.29 is 28.9 Å². The predicted molar refractivity (Wildman–Crippen MR) is 211 cm³/mol. The molecule has 0 aliphatic carbocycles. The van der Waals surface area contributed by atoms with Crippen LogP contribution in [0.5, 0.6) is 0 Å². The highest BCUT2D eigenvalue weighted by Crippen LogP contribution is 2.18. The number of hydrogen-bond donors (Lipinski definition) is 1. The van der Waals surface area contributed by atoms with Crippen molar-refractivity contribution in [3.05, 3.63) is 0 Å². The zero-order chi connectivity index (χ0) is 36.6. The van der Waals surface area contributed by atoms with Crippen LogP contribution in [0.15, 0.2) is 0 Å². The number of hydrogen-bond acceptors (Lipinski definition) is 7. The van der Waals surface area contributed by atoms with Crippen molar-refractivity contribution in [2.45, 2.75) is 219 Å². The lowest BCUT2D eigenvalue weighted by Crippen LogP contribution is -2.29. The zero-order valence-electron chi connectivity index (χ0n) is 33.7. The van der Waals surface area contributed by atoms with Crippen molar-refractivity contribution in [1.82, 2.24) is 4.90 Å². The fourth-order valence-electron chi connectivity index (χ4n) is 6.52. The molecule has 0 aliphatic rings. The number of aliphatic hydroxyl groups is 1. The van der Waals surface area contributed by atoms with Crippen molar-refractivity contribution in [2.75, 3.05) is 46.1 Å². The monoisotopic (exact) mass is 712 g/mol. The minimum atomic E-state index is -0.119. The lowest BCUT2D eigenvalue weighted by Gasteiger charge is -2.21. The van der Waals surface area contributed by atoms with Crippen LogP contribution in [0.4, 0.5) is 0 Å². The van der Waals surface area contributed by atoms with Gasteiger partial charge in [0.15, 0.2) is 0 Å². The molecule has 0 radical (unpaired) electrons. The van der Waals surface area contributed by atoms with E-state index in [0.717, 1.165) is 96.7 Å². The van der Waals surface area contributed by atoms with Crippen LogP contribution in [0.3, 0.4) is 0 Å². The van der Waals surface area contributed by atoms with Crippen molar-refractivity contribution in [2.24, 2.45) is 0 Å². The summed E-state index contributed by atoms with van der Waals surface area (Å²) in [4.78, 5) is 27.0. The third-order valence-electron chi connectivity index (χ3n) is 9.77. The van der Waals surface area contributed by atoms with Crippen LogP contribution < -0.4 is 0 Å². The molecule has 0 unspecified atom stereocenters. The molecule has 7 heteroatoms. The highest BCUT2D eigenvalue weighted by molar-refractivity contribution is 5.69. The normalized spacial score (nSPS) is 11.6. The van der Waals surface area contributed by atoms with Crippen molar-refractivity contribution in [3.8, 4) is 0 Å². The maximum atomic E-state index is 12.7. The van der Waals surface area contributed by atoms with Gasteiger partial charge in [0.2, 0.25) is 0 Å². The molecule has 1 N–H and O–H groups in total. The second-order valence-electron chi connectivity index (χ2n) is 14.7. The Bertz CT molecular complexity index is 689. The molecule has 0 rings (SSSR count). The summed E-state index contributed by atoms with van der Waals surface area (Å²) >= 11 is 0. The summed E-state index contributed by atoms with van der Waals surface area (Å²) in [5.41, 5.74) is 0. The van der Waals surface area contributed by atoms with Gasteiger partial charge >= 0.3 is 11.9 Å². The van der Waals surface area contributed by atoms with Gasteiger partial charge in [-0.15, -0.1) is 0 Å². The summed E-state index contributed by atoms with van der Waals surface area (Å²) in [5, 5.41) is 9.52. The minimum Gasteiger partial charge on any atom is -0.466 e. The number of aliphatic hydroxyl groups excluding tert-OH is 1. The van der Waals surface area contributed by atoms with E-state index in [1.54, 1.807) is 0 Å². The van der Waals surface area contributed by atoms with Crippen LogP contribution >= 0.6 is 0 Å². The van der Waals surface area contributed by atoms with E-state index in [0.29, 0.717) is 32.6 Å². The Morgan fingerprint density at radius 2 is 0.920 bits per heavy atom. The van der Waals surface area contributed by atoms with E-state index in [1.165, 1.54) is 103 Å². The molecule has 0 saturated carbocycles. The molecule has 0 saturated heterocycles. The van der Waals surface area contributed by atoms with E-state index in [4.69, 9.17) is 14.2 Å². The van der Waals surface area contributed by atoms with Crippen molar-refractivity contribution in [3.63, 3.8) is 0 Å². The van der Waals surface area contributed by atoms with Gasteiger partial charge in [0.1, 0.15) is 6.10 Å². The molecule has 0 amide bonds. The van der Waals surface area contributed by atoms with Crippen LogP contribution in [0.2, 0.25) is 0 Å². The van der Waals surface area contributed by atoms with Crippen LogP contribution in [-0.2, 0) is 23.8 Å². The molecule has 0 atom stereocenters. The number of carbonyl (C=O) groups excluding carboxylic acids is 2. The molecule has 0 spiro atoms. The molecule has 0 fully saturated rings. The minimum absolute atomic E-state index is 0.00394. The fraction of sp³-hybridized carbons (Fsp3) is 0.953. The largest absolute Gasteiger partial charge is 0.466 e. The van der Waals surface area contributed by atoms with Gasteiger partial charge in [-0.05, 0) is 83.7 Å². The van der Waals surface area contributed by atoms with Gasteiger partial charge < -0.3 is 24.2 Å². The van der Waals surface area contributed by atoms with Gasteiger partial charge in [-0.2, -0.15) is 0 Å². The smallest absolute Gasteiger partial charge is 0.306 e. The first-order valence-corrected chi connectivity index (χ1v) is 21.8. The summed E-state index contributed by atoms with van der Waals surface area (Å²) in [6.07, 6.45) is 33.7. The Hall–Kier alpha value is -1.18. The van der Waals surface area contributed by atoms with Crippen molar-refractivity contribution >= 4 is 11.9 Å². The summed E-state index contributed by atoms with van der Waals surface area (Å²) < 4.78 is 17.0. The van der Waals surface area contributed by atoms with E-state index in [2.05, 4.69) is 25.7 Å². The Labute approximate surface area is 310 Å². The summed E-state index contributed by atoms with van der Waals surface area (Å²) in [7, 11) is 0. The maximum absolute atomic E-state index is 12.7. The lowest BCUT2D eigenvalue weighted by atomic mass is 10.0. The van der Waals surface area contributed by atoms with Gasteiger partial charge in [0.25, 0.3) is 0 Å². The Kier molecular flexibility index (Phi) is 39.6. The average molecular weight is 712 g/mol. The molecular formula is C43H85NO6. The summed E-state index contributed by atoms with van der Waals surface area (Å²) in [5.74, 6) is -0.115. The third kappa shape index (κ3) is 36.6. The summed E-state index contributed by atoms with van der Waals surface area (Å²) in [6.45, 7) is 11.5. The van der Waals surface area contributed by atoms with Crippen LogP contribution in [0, 0.1) is 0 Å². The lowest BCUT2D eigenvalue weighted by molar-refractivity contribution is -0.150. The van der Waals surface area contributed by atoms with Crippen LogP contribution in [-0.4, -0.2) is 74.1 Å². The van der Waals surface area contributed by atoms with Gasteiger partial charge in [0, 0.05) is 32.6 Å². The van der Waals surface area contributed by atoms with Gasteiger partial charge in [0.05, 0.1) is 13.2 Å². The van der Waals surface area contributed by atoms with Gasteiger partial charge in [-0.25, -0.2) is 0 Å². The average Bonchev–Trinajstić information content (AvgIpc) is 3.11. The standard InChI is InChI=1S/C43H85NO6/c1-4-7-10-13-16-22-30-41(31-23-17-14-11-8-5-2)50-43(47)32-24-18-15-19-25-34-44(36-37-45)35-26-21-28-40-49-42(46)33-29-39-48-38-27-20-12-9-6-3/h41,45H,4-40H2,1-3H3. The van der Waals surface area contributed by atoms with E-state index < -0.39 is 0 Å². The first-order valence-electron chi connectivity index (χ1n) is 21.8. The number of carbonyl (C=O) groups is 2. The number of rotatable bonds is 41. The molecule has 0 aliphatic heterocycles. The Morgan fingerprint density at radius 1 is 0.480 bits per heavy atom. The second kappa shape index (κ2) is 40.6.